The van der Waals surface area contributed by atoms with Crippen LogP contribution in [0.25, 0.3) is 0 Å². The third-order valence-corrected chi connectivity index (χ3v) is 2.57. The van der Waals surface area contributed by atoms with E-state index in [1.807, 2.05) is 19.1 Å². The van der Waals surface area contributed by atoms with Gasteiger partial charge in [-0.05, 0) is 24.6 Å². The minimum absolute atomic E-state index is 0.0802. The third kappa shape index (κ3) is 2.92. The van der Waals surface area contributed by atoms with Crippen LogP contribution in [0, 0.1) is 0 Å². The van der Waals surface area contributed by atoms with Crippen LogP contribution in [0.3, 0.4) is 0 Å². The number of aromatic nitrogens is 2. The summed E-state index contributed by atoms with van der Waals surface area (Å²) in [6, 6.07) is 5.36. The fraction of sp³-hybridized carbons (Fsp3) is 0.250. The van der Waals surface area contributed by atoms with Crippen LogP contribution in [-0.4, -0.2) is 21.2 Å². The summed E-state index contributed by atoms with van der Waals surface area (Å²) in [4.78, 5) is 14.6. The van der Waals surface area contributed by atoms with Crippen LogP contribution >= 0.6 is 0 Å². The van der Waals surface area contributed by atoms with Gasteiger partial charge < -0.3 is 14.9 Å². The molecule has 0 saturated carbocycles. The maximum atomic E-state index is 10.6. The van der Waals surface area contributed by atoms with Crippen molar-refractivity contribution < 1.29 is 14.4 Å². The second-order valence-electron chi connectivity index (χ2n) is 3.87. The number of hydrogen-bond acceptors (Lipinski definition) is 5. The fourth-order valence-electron chi connectivity index (χ4n) is 1.52. The van der Waals surface area contributed by atoms with E-state index in [0.29, 0.717) is 12.3 Å². The van der Waals surface area contributed by atoms with Gasteiger partial charge in [-0.1, -0.05) is 5.16 Å². The van der Waals surface area contributed by atoms with E-state index < -0.39 is 5.97 Å². The molecule has 0 spiro atoms. The normalized spacial score (nSPS) is 12.3. The van der Waals surface area contributed by atoms with E-state index in [1.54, 1.807) is 12.4 Å². The van der Waals surface area contributed by atoms with E-state index >= 15 is 0 Å². The predicted octanol–water partition coefficient (Wildman–Crippen LogP) is 1.62. The van der Waals surface area contributed by atoms with Crippen LogP contribution in [0.2, 0.25) is 0 Å². The lowest BCUT2D eigenvalue weighted by molar-refractivity contribution is 0.0685. The number of carboxylic acids is 1. The molecule has 0 amide bonds. The van der Waals surface area contributed by atoms with E-state index in [2.05, 4.69) is 15.5 Å². The van der Waals surface area contributed by atoms with Crippen LogP contribution in [0.1, 0.15) is 34.8 Å². The number of nitrogens with zero attached hydrogens (tertiary/aromatic N) is 2. The van der Waals surface area contributed by atoms with Gasteiger partial charge >= 0.3 is 5.97 Å². The first-order chi connectivity index (χ1) is 8.66. The number of hydrogen-bond donors (Lipinski definition) is 2. The van der Waals surface area contributed by atoms with Crippen molar-refractivity contribution in [2.24, 2.45) is 0 Å². The molecule has 94 valence electrons. The van der Waals surface area contributed by atoms with Crippen LogP contribution in [0.15, 0.2) is 35.1 Å². The van der Waals surface area contributed by atoms with Gasteiger partial charge in [-0.3, -0.25) is 4.98 Å². The first-order valence-electron chi connectivity index (χ1n) is 5.49. The van der Waals surface area contributed by atoms with Gasteiger partial charge in [-0.2, -0.15) is 0 Å². The minimum atomic E-state index is -1.09. The zero-order valence-electron chi connectivity index (χ0n) is 9.83. The molecule has 2 aromatic rings. The lowest BCUT2D eigenvalue weighted by Gasteiger charge is -2.12. The second kappa shape index (κ2) is 5.42. The monoisotopic (exact) mass is 247 g/mol. The molecule has 1 atom stereocenters. The molecular formula is C12H13N3O3. The number of aromatic carboxylic acids is 1. The molecular weight excluding hydrogens is 234 g/mol. The molecule has 0 aliphatic heterocycles. The molecule has 0 bridgehead atoms. The Morgan fingerprint density at radius 2 is 2.22 bits per heavy atom. The first kappa shape index (κ1) is 12.3. The van der Waals surface area contributed by atoms with Crippen LogP contribution in [-0.2, 0) is 6.54 Å². The largest absolute Gasteiger partial charge is 0.476 e. The predicted molar refractivity (Wildman–Crippen MR) is 63.0 cm³/mol. The molecule has 18 heavy (non-hydrogen) atoms. The molecule has 0 fully saturated rings. The Labute approximate surface area is 104 Å². The second-order valence-corrected chi connectivity index (χ2v) is 3.87. The van der Waals surface area contributed by atoms with Gasteiger partial charge in [0.15, 0.2) is 11.5 Å². The molecule has 2 rings (SSSR count). The lowest BCUT2D eigenvalue weighted by atomic mass is 10.1. The van der Waals surface area contributed by atoms with Crippen LogP contribution in [0.4, 0.5) is 0 Å². The van der Waals surface area contributed by atoms with Crippen molar-refractivity contribution in [1.29, 1.82) is 0 Å². The summed E-state index contributed by atoms with van der Waals surface area (Å²) in [6.45, 7) is 2.42. The summed E-state index contributed by atoms with van der Waals surface area (Å²) in [5, 5.41) is 15.4. The number of carboxylic acid groups (broad SMARTS) is 1. The Balaban J connectivity index is 1.93. The van der Waals surface area contributed by atoms with Gasteiger partial charge in [-0.15, -0.1) is 0 Å². The molecule has 0 aliphatic carbocycles. The molecule has 0 radical (unpaired) electrons. The van der Waals surface area contributed by atoms with Gasteiger partial charge in [-0.25, -0.2) is 4.79 Å². The van der Waals surface area contributed by atoms with E-state index in [-0.39, 0.29) is 11.7 Å². The maximum Gasteiger partial charge on any atom is 0.358 e. The molecule has 2 heterocycles. The number of rotatable bonds is 5. The first-order valence-corrected chi connectivity index (χ1v) is 5.49. The Morgan fingerprint density at radius 1 is 1.50 bits per heavy atom. The van der Waals surface area contributed by atoms with E-state index in [4.69, 9.17) is 9.63 Å². The molecule has 6 nitrogen and oxygen atoms in total. The Kier molecular flexibility index (Phi) is 3.69. The summed E-state index contributed by atoms with van der Waals surface area (Å²) < 4.78 is 4.91. The topological polar surface area (TPSA) is 88.2 Å². The smallest absolute Gasteiger partial charge is 0.358 e. The zero-order valence-corrected chi connectivity index (χ0v) is 9.83. The van der Waals surface area contributed by atoms with Crippen LogP contribution in [0.5, 0.6) is 0 Å². The summed E-state index contributed by atoms with van der Waals surface area (Å²) in [5.74, 6) is -0.597. The van der Waals surface area contributed by atoms with E-state index in [0.717, 1.165) is 5.56 Å². The Bertz CT molecular complexity index is 524. The van der Waals surface area contributed by atoms with E-state index in [1.165, 1.54) is 6.07 Å². The molecule has 0 aliphatic rings. The summed E-state index contributed by atoms with van der Waals surface area (Å²) >= 11 is 0. The molecule has 0 unspecified atom stereocenters. The highest BCUT2D eigenvalue weighted by atomic mass is 16.5. The Morgan fingerprint density at radius 3 is 2.83 bits per heavy atom. The molecule has 2 N–H and O–H groups in total. The highest BCUT2D eigenvalue weighted by Crippen LogP contribution is 2.12. The van der Waals surface area contributed by atoms with Gasteiger partial charge in [0.1, 0.15) is 0 Å². The van der Waals surface area contributed by atoms with Crippen molar-refractivity contribution in [3.8, 4) is 0 Å². The average molecular weight is 247 g/mol. The minimum Gasteiger partial charge on any atom is -0.476 e. The molecule has 0 aromatic carbocycles. The number of carbonyl (C=O) groups is 1. The van der Waals surface area contributed by atoms with Crippen LogP contribution < -0.4 is 5.32 Å². The summed E-state index contributed by atoms with van der Waals surface area (Å²) in [5.41, 5.74) is 1.02. The van der Waals surface area contributed by atoms with Gasteiger partial charge in [0.25, 0.3) is 0 Å². The van der Waals surface area contributed by atoms with Crippen molar-refractivity contribution in [2.75, 3.05) is 0 Å². The third-order valence-electron chi connectivity index (χ3n) is 2.57. The summed E-state index contributed by atoms with van der Waals surface area (Å²) in [7, 11) is 0. The Hall–Kier alpha value is -2.21. The van der Waals surface area contributed by atoms with Crippen molar-refractivity contribution in [3.63, 3.8) is 0 Å². The molecule has 6 heteroatoms. The highest BCUT2D eigenvalue weighted by Gasteiger charge is 2.11. The van der Waals surface area contributed by atoms with Crippen molar-refractivity contribution in [2.45, 2.75) is 19.5 Å². The van der Waals surface area contributed by atoms with Crippen molar-refractivity contribution >= 4 is 5.97 Å². The fourth-order valence-corrected chi connectivity index (χ4v) is 1.52. The molecule has 0 saturated heterocycles. The highest BCUT2D eigenvalue weighted by molar-refractivity contribution is 5.85. The van der Waals surface area contributed by atoms with Gasteiger partial charge in [0, 0.05) is 24.5 Å². The maximum absolute atomic E-state index is 10.6. The van der Waals surface area contributed by atoms with E-state index in [9.17, 15) is 4.79 Å². The zero-order chi connectivity index (χ0) is 13.0. The standard InChI is InChI=1S/C12H13N3O3/c1-8(9-2-4-13-5-3-9)14-7-10-6-11(12(16)17)15-18-10/h2-6,8,14H,7H2,1H3,(H,16,17)/t8-/m0/s1. The SMILES string of the molecule is C[C@H](NCc1cc(C(=O)O)no1)c1ccncc1. The summed E-state index contributed by atoms with van der Waals surface area (Å²) in [6.07, 6.45) is 3.45. The van der Waals surface area contributed by atoms with Crippen molar-refractivity contribution in [1.82, 2.24) is 15.5 Å². The van der Waals surface area contributed by atoms with Gasteiger partial charge in [0.2, 0.25) is 0 Å². The quantitative estimate of drug-likeness (QED) is 0.834. The lowest BCUT2D eigenvalue weighted by Crippen LogP contribution is -2.17. The average Bonchev–Trinajstić information content (AvgIpc) is 2.86. The number of nitrogens with one attached hydrogen (secondary N) is 1. The number of pyridine rings is 1. The van der Waals surface area contributed by atoms with Gasteiger partial charge in [0.05, 0.1) is 6.54 Å². The molecule has 2 aromatic heterocycles. The van der Waals surface area contributed by atoms with Crippen molar-refractivity contribution in [3.05, 3.63) is 47.6 Å².